The maximum Gasteiger partial charge on any atom is 0.365 e. The fourth-order valence-electron chi connectivity index (χ4n) is 2.62. The SMILES string of the molecule is Cc1ccc(S(=O)(=O)NC2=C([Si](C)(C)C)C(=O)[N+](C)(C)N2C)cc1. The Kier molecular flexibility index (Phi) is 4.45. The van der Waals surface area contributed by atoms with E-state index in [0.29, 0.717) is 11.0 Å². The third kappa shape index (κ3) is 3.13. The van der Waals surface area contributed by atoms with Crippen molar-refractivity contribution < 1.29 is 17.8 Å². The number of carbonyl (C=O) groups is 1. The molecule has 0 saturated heterocycles. The van der Waals surface area contributed by atoms with E-state index in [1.807, 2.05) is 26.6 Å². The molecule has 0 fully saturated rings. The standard InChI is InChI=1S/C16H25N3O3SSi/c1-12-8-10-13(11-9-12)23(21,22)17-15-14(24(5,6)7)16(20)19(3,4)18(15)2/h8-11H,1-7H3/p+1. The van der Waals surface area contributed by atoms with E-state index in [1.165, 1.54) is 0 Å². The number of carbonyl (C=O) groups excluding carboxylic acids is 1. The van der Waals surface area contributed by atoms with Crippen LogP contribution in [0.25, 0.3) is 0 Å². The summed E-state index contributed by atoms with van der Waals surface area (Å²) in [6, 6.07) is 6.66. The smallest absolute Gasteiger partial charge is 0.261 e. The lowest BCUT2D eigenvalue weighted by atomic mass is 10.2. The number of benzene rings is 1. The highest BCUT2D eigenvalue weighted by Gasteiger charge is 2.51. The van der Waals surface area contributed by atoms with Crippen molar-refractivity contribution in [2.75, 3.05) is 21.1 Å². The molecule has 1 aliphatic rings. The van der Waals surface area contributed by atoms with Gasteiger partial charge in [0.05, 0.1) is 39.3 Å². The number of aryl methyl sites for hydroxylation is 1. The van der Waals surface area contributed by atoms with Crippen molar-refractivity contribution in [1.29, 1.82) is 0 Å². The van der Waals surface area contributed by atoms with Gasteiger partial charge in [0, 0.05) is 0 Å². The fraction of sp³-hybridized carbons (Fsp3) is 0.438. The zero-order chi connectivity index (χ0) is 18.5. The van der Waals surface area contributed by atoms with E-state index < -0.39 is 18.1 Å². The summed E-state index contributed by atoms with van der Waals surface area (Å²) in [6.45, 7) is 8.03. The fourth-order valence-corrected chi connectivity index (χ4v) is 5.66. The van der Waals surface area contributed by atoms with E-state index in [4.69, 9.17) is 0 Å². The minimum atomic E-state index is -3.75. The summed E-state index contributed by atoms with van der Waals surface area (Å²) >= 11 is 0. The Hall–Kier alpha value is -1.64. The maximum absolute atomic E-state index is 12.8. The van der Waals surface area contributed by atoms with Crippen LogP contribution in [-0.4, -0.2) is 53.1 Å². The summed E-state index contributed by atoms with van der Waals surface area (Å²) in [5.41, 5.74) is 0.988. The van der Waals surface area contributed by atoms with Crippen molar-refractivity contribution in [3.63, 3.8) is 0 Å². The highest BCUT2D eigenvalue weighted by atomic mass is 32.2. The monoisotopic (exact) mass is 368 g/mol. The van der Waals surface area contributed by atoms with Gasteiger partial charge in [-0.3, -0.25) is 4.72 Å². The van der Waals surface area contributed by atoms with E-state index >= 15 is 0 Å². The third-order valence-corrected chi connectivity index (χ3v) is 7.64. The van der Waals surface area contributed by atoms with Gasteiger partial charge in [-0.15, -0.1) is 0 Å². The van der Waals surface area contributed by atoms with Crippen LogP contribution in [0.15, 0.2) is 40.2 Å². The molecule has 0 unspecified atom stereocenters. The van der Waals surface area contributed by atoms with Crippen molar-refractivity contribution in [3.05, 3.63) is 40.8 Å². The molecule has 1 aliphatic heterocycles. The van der Waals surface area contributed by atoms with Gasteiger partial charge in [-0.1, -0.05) is 37.3 Å². The van der Waals surface area contributed by atoms with E-state index in [1.54, 1.807) is 50.4 Å². The molecule has 1 amide bonds. The minimum absolute atomic E-state index is 0.0225. The Morgan fingerprint density at radius 2 is 1.58 bits per heavy atom. The van der Waals surface area contributed by atoms with Gasteiger partial charge in [-0.2, -0.15) is 4.59 Å². The first kappa shape index (κ1) is 18.7. The molecular weight excluding hydrogens is 342 g/mol. The number of sulfonamides is 1. The summed E-state index contributed by atoms with van der Waals surface area (Å²) < 4.78 is 28.2. The lowest BCUT2D eigenvalue weighted by Crippen LogP contribution is -2.53. The van der Waals surface area contributed by atoms with Gasteiger partial charge in [0.25, 0.3) is 10.0 Å². The number of nitrogens with zero attached hydrogens (tertiary/aromatic N) is 2. The van der Waals surface area contributed by atoms with Crippen LogP contribution >= 0.6 is 0 Å². The van der Waals surface area contributed by atoms with Gasteiger partial charge < -0.3 is 0 Å². The van der Waals surface area contributed by atoms with Crippen LogP contribution < -0.4 is 4.72 Å². The molecule has 1 aromatic rings. The molecule has 0 aliphatic carbocycles. The third-order valence-electron chi connectivity index (χ3n) is 4.33. The van der Waals surface area contributed by atoms with Gasteiger partial charge in [0.2, 0.25) is 0 Å². The predicted molar refractivity (Wildman–Crippen MR) is 96.8 cm³/mol. The average molecular weight is 369 g/mol. The summed E-state index contributed by atoms with van der Waals surface area (Å²) in [7, 11) is -0.541. The molecule has 8 heteroatoms. The van der Waals surface area contributed by atoms with E-state index in [9.17, 15) is 13.2 Å². The number of hydrogen-bond donors (Lipinski definition) is 1. The first-order chi connectivity index (χ1) is 10.8. The first-order valence-electron chi connectivity index (χ1n) is 7.76. The van der Waals surface area contributed by atoms with Gasteiger partial charge in [-0.05, 0) is 19.1 Å². The van der Waals surface area contributed by atoms with Gasteiger partial charge in [0.15, 0.2) is 5.82 Å². The second-order valence-electron chi connectivity index (χ2n) is 7.62. The summed E-state index contributed by atoms with van der Waals surface area (Å²) in [6.07, 6.45) is 0. The maximum atomic E-state index is 12.8. The Balaban J connectivity index is 2.54. The highest BCUT2D eigenvalue weighted by Crippen LogP contribution is 2.32. The number of nitrogens with one attached hydrogen (secondary N) is 1. The summed E-state index contributed by atoms with van der Waals surface area (Å²) in [4.78, 5) is 13.0. The largest absolute Gasteiger partial charge is 0.365 e. The number of quaternary nitrogens is 1. The van der Waals surface area contributed by atoms with Crippen molar-refractivity contribution in [2.45, 2.75) is 31.5 Å². The zero-order valence-corrected chi connectivity index (χ0v) is 17.2. The Morgan fingerprint density at radius 1 is 1.08 bits per heavy atom. The normalized spacial score (nSPS) is 18.3. The molecule has 0 aromatic heterocycles. The Bertz CT molecular complexity index is 806. The molecule has 132 valence electrons. The molecule has 1 heterocycles. The lowest BCUT2D eigenvalue weighted by molar-refractivity contribution is -0.918. The van der Waals surface area contributed by atoms with Crippen LogP contribution in [0.3, 0.4) is 0 Å². The van der Waals surface area contributed by atoms with Crippen molar-refractivity contribution in [2.24, 2.45) is 0 Å². The second kappa shape index (κ2) is 5.71. The summed E-state index contributed by atoms with van der Waals surface area (Å²) in [5.74, 6) is 0.336. The highest BCUT2D eigenvalue weighted by molar-refractivity contribution is 7.89. The quantitative estimate of drug-likeness (QED) is 0.650. The average Bonchev–Trinajstić information content (AvgIpc) is 2.59. The van der Waals surface area contributed by atoms with Crippen LogP contribution in [0.2, 0.25) is 19.6 Å². The van der Waals surface area contributed by atoms with Crippen LogP contribution in [0.1, 0.15) is 5.56 Å². The molecule has 0 atom stereocenters. The first-order valence-corrected chi connectivity index (χ1v) is 12.7. The summed E-state index contributed by atoms with van der Waals surface area (Å²) in [5, 5.41) is 2.30. The molecule has 24 heavy (non-hydrogen) atoms. The van der Waals surface area contributed by atoms with Crippen LogP contribution in [0.4, 0.5) is 0 Å². The second-order valence-corrected chi connectivity index (χ2v) is 14.3. The predicted octanol–water partition coefficient (Wildman–Crippen LogP) is 1.83. The Morgan fingerprint density at radius 3 is 2.04 bits per heavy atom. The van der Waals surface area contributed by atoms with Crippen LogP contribution in [0, 0.1) is 6.92 Å². The van der Waals surface area contributed by atoms with Gasteiger partial charge in [0.1, 0.15) is 0 Å². The van der Waals surface area contributed by atoms with Crippen LogP contribution in [0.5, 0.6) is 0 Å². The Labute approximate surface area is 145 Å². The van der Waals surface area contributed by atoms with Crippen molar-refractivity contribution >= 4 is 24.0 Å². The lowest BCUT2D eigenvalue weighted by Gasteiger charge is -2.31. The number of rotatable bonds is 4. The zero-order valence-electron chi connectivity index (χ0n) is 15.3. The molecule has 0 radical (unpaired) electrons. The minimum Gasteiger partial charge on any atom is -0.261 e. The number of amides is 1. The van der Waals surface area contributed by atoms with E-state index in [2.05, 4.69) is 4.72 Å². The molecular formula is C16H26N3O3SSi+. The topological polar surface area (TPSA) is 66.5 Å². The van der Waals surface area contributed by atoms with Crippen LogP contribution in [-0.2, 0) is 14.8 Å². The van der Waals surface area contributed by atoms with Gasteiger partial charge >= 0.3 is 5.91 Å². The number of likely N-dealkylation sites (N-methyl/N-ethyl adjacent to an activating group) is 1. The molecule has 0 spiro atoms. The molecule has 1 aromatic carbocycles. The molecule has 2 rings (SSSR count). The molecule has 0 saturated carbocycles. The van der Waals surface area contributed by atoms with Crippen molar-refractivity contribution in [1.82, 2.24) is 9.73 Å². The molecule has 0 bridgehead atoms. The van der Waals surface area contributed by atoms with E-state index in [0.717, 1.165) is 5.56 Å². The number of hydrogen-bond acceptors (Lipinski definition) is 4. The van der Waals surface area contributed by atoms with Gasteiger partial charge in [-0.25, -0.2) is 18.2 Å². The molecule has 1 N–H and O–H groups in total. The van der Waals surface area contributed by atoms with E-state index in [-0.39, 0.29) is 15.4 Å². The molecule has 6 nitrogen and oxygen atoms in total. The van der Waals surface area contributed by atoms with Crippen molar-refractivity contribution in [3.8, 4) is 0 Å².